The van der Waals surface area contributed by atoms with Crippen LogP contribution in [-0.2, 0) is 19.5 Å². The van der Waals surface area contributed by atoms with E-state index in [-0.39, 0.29) is 11.8 Å². The molecule has 0 N–H and O–H groups in total. The number of benzene rings is 2. The molecule has 3 aromatic rings. The van der Waals surface area contributed by atoms with E-state index < -0.39 is 5.82 Å². The Hall–Kier alpha value is -3.45. The third-order valence-electron chi connectivity index (χ3n) is 6.21. The maximum absolute atomic E-state index is 13.9. The van der Waals surface area contributed by atoms with E-state index in [1.165, 1.54) is 12.1 Å². The Labute approximate surface area is 206 Å². The molecule has 0 atom stereocenters. The zero-order valence-corrected chi connectivity index (χ0v) is 20.7. The third kappa shape index (κ3) is 5.46. The largest absolute Gasteiger partial charge is 0.494 e. The van der Waals surface area contributed by atoms with E-state index in [0.717, 1.165) is 54.4 Å². The van der Waals surface area contributed by atoms with Crippen molar-refractivity contribution in [2.24, 2.45) is 5.92 Å². The van der Waals surface area contributed by atoms with Crippen molar-refractivity contribution in [1.29, 1.82) is 0 Å². The van der Waals surface area contributed by atoms with E-state index in [0.29, 0.717) is 18.7 Å². The Bertz CT molecular complexity index is 1200. The van der Waals surface area contributed by atoms with E-state index in [9.17, 15) is 9.18 Å². The molecule has 0 spiro atoms. The molecule has 6 nitrogen and oxygen atoms in total. The van der Waals surface area contributed by atoms with Crippen molar-refractivity contribution in [3.8, 4) is 11.4 Å². The van der Waals surface area contributed by atoms with E-state index in [4.69, 9.17) is 9.84 Å². The number of para-hydroxylation sites is 2. The second kappa shape index (κ2) is 10.9. The summed E-state index contributed by atoms with van der Waals surface area (Å²) in [7, 11) is 1.66. The van der Waals surface area contributed by atoms with Crippen LogP contribution in [-0.4, -0.2) is 52.2 Å². The molecular weight excluding hydrogens is 443 g/mol. The Morgan fingerprint density at radius 2 is 2.06 bits per heavy atom. The minimum atomic E-state index is -0.418. The highest BCUT2D eigenvalue weighted by Crippen LogP contribution is 2.30. The minimum absolute atomic E-state index is 0.197. The van der Waals surface area contributed by atoms with Gasteiger partial charge in [0.1, 0.15) is 17.3 Å². The van der Waals surface area contributed by atoms with Gasteiger partial charge in [0.25, 0.3) is 5.91 Å². The molecule has 184 valence electrons. The van der Waals surface area contributed by atoms with E-state index in [2.05, 4.69) is 25.3 Å². The second-order valence-electron chi connectivity index (χ2n) is 9.32. The highest BCUT2D eigenvalue weighted by atomic mass is 19.1. The van der Waals surface area contributed by atoms with Gasteiger partial charge in [0.15, 0.2) is 0 Å². The van der Waals surface area contributed by atoms with Gasteiger partial charge in [-0.25, -0.2) is 9.07 Å². The van der Waals surface area contributed by atoms with Crippen molar-refractivity contribution in [3.63, 3.8) is 0 Å². The van der Waals surface area contributed by atoms with Crippen LogP contribution < -0.4 is 4.74 Å². The Morgan fingerprint density at radius 1 is 1.26 bits per heavy atom. The Balaban J connectivity index is 1.76. The van der Waals surface area contributed by atoms with Gasteiger partial charge in [0.2, 0.25) is 0 Å². The summed E-state index contributed by atoms with van der Waals surface area (Å²) in [6, 6.07) is 13.7. The number of amides is 1. The maximum atomic E-state index is 13.9. The van der Waals surface area contributed by atoms with Crippen LogP contribution in [0.3, 0.4) is 0 Å². The number of fused-ring (bicyclic) bond motifs is 1. The average molecular weight is 477 g/mol. The number of halogens is 1. The number of carbonyl (C=O) groups is 1. The van der Waals surface area contributed by atoms with Crippen molar-refractivity contribution in [1.82, 2.24) is 19.6 Å². The lowest BCUT2D eigenvalue weighted by Gasteiger charge is -2.28. The van der Waals surface area contributed by atoms with Crippen LogP contribution in [0.5, 0.6) is 5.75 Å². The molecule has 0 saturated heterocycles. The first kappa shape index (κ1) is 24.7. The molecule has 1 aliphatic rings. The first-order valence-electron chi connectivity index (χ1n) is 12.0. The molecule has 4 rings (SSSR count). The summed E-state index contributed by atoms with van der Waals surface area (Å²) in [4.78, 5) is 17.5. The summed E-state index contributed by atoms with van der Waals surface area (Å²) in [6.45, 7) is 11.3. The summed E-state index contributed by atoms with van der Waals surface area (Å²) >= 11 is 0. The number of ether oxygens (including phenoxy) is 1. The summed E-state index contributed by atoms with van der Waals surface area (Å²) in [5.41, 5.74) is 4.33. The van der Waals surface area contributed by atoms with Crippen molar-refractivity contribution < 1.29 is 13.9 Å². The van der Waals surface area contributed by atoms with E-state index >= 15 is 0 Å². The zero-order valence-electron chi connectivity index (χ0n) is 20.7. The van der Waals surface area contributed by atoms with Crippen molar-refractivity contribution in [2.75, 3.05) is 26.7 Å². The molecule has 7 heteroatoms. The fraction of sp³-hybridized carbons (Fsp3) is 0.357. The first-order chi connectivity index (χ1) is 16.9. The van der Waals surface area contributed by atoms with Gasteiger partial charge in [-0.1, -0.05) is 38.1 Å². The van der Waals surface area contributed by atoms with Crippen molar-refractivity contribution >= 4 is 5.91 Å². The van der Waals surface area contributed by atoms with Gasteiger partial charge >= 0.3 is 0 Å². The summed E-state index contributed by atoms with van der Waals surface area (Å²) < 4.78 is 21.5. The topological polar surface area (TPSA) is 50.6 Å². The molecular formula is C28H33FN4O2. The fourth-order valence-corrected chi connectivity index (χ4v) is 4.66. The number of hydrogen-bond donors (Lipinski definition) is 0. The van der Waals surface area contributed by atoms with Crippen LogP contribution in [0.2, 0.25) is 0 Å². The SMILES string of the molecule is C=CCN1CCc2c(c(CN(CC(C)C)C(=O)c3cccc(F)c3)nn2-c2ccccc2OC)C1. The van der Waals surface area contributed by atoms with Gasteiger partial charge in [-0.05, 0) is 36.2 Å². The molecule has 1 amide bonds. The van der Waals surface area contributed by atoms with Gasteiger partial charge in [-0.15, -0.1) is 6.58 Å². The molecule has 1 aromatic heterocycles. The van der Waals surface area contributed by atoms with Crippen LogP contribution in [0, 0.1) is 11.7 Å². The smallest absolute Gasteiger partial charge is 0.254 e. The Morgan fingerprint density at radius 3 is 2.77 bits per heavy atom. The van der Waals surface area contributed by atoms with Gasteiger partial charge in [0.05, 0.1) is 25.0 Å². The lowest BCUT2D eigenvalue weighted by Crippen LogP contribution is -2.35. The standard InChI is InChI=1S/C28H33FN4O2/c1-5-14-31-15-13-25-23(18-31)24(30-33(25)26-11-6-7-12-27(26)35-4)19-32(17-20(2)3)28(34)21-9-8-10-22(29)16-21/h5-12,16,20H,1,13-15,17-19H2,2-4H3. The molecule has 1 aliphatic heterocycles. The quantitative estimate of drug-likeness (QED) is 0.414. The monoisotopic (exact) mass is 476 g/mol. The van der Waals surface area contributed by atoms with Crippen LogP contribution >= 0.6 is 0 Å². The number of nitrogens with zero attached hydrogens (tertiary/aromatic N) is 4. The van der Waals surface area contributed by atoms with E-state index in [1.807, 2.05) is 35.0 Å². The molecule has 2 aromatic carbocycles. The summed E-state index contributed by atoms with van der Waals surface area (Å²) in [6.07, 6.45) is 2.74. The molecule has 0 radical (unpaired) electrons. The normalized spacial score (nSPS) is 13.5. The molecule has 35 heavy (non-hydrogen) atoms. The number of hydrogen-bond acceptors (Lipinski definition) is 4. The second-order valence-corrected chi connectivity index (χ2v) is 9.32. The molecule has 0 bridgehead atoms. The van der Waals surface area contributed by atoms with Crippen LogP contribution in [0.15, 0.2) is 61.2 Å². The zero-order chi connectivity index (χ0) is 24.9. The van der Waals surface area contributed by atoms with Gasteiger partial charge in [0, 0.05) is 43.7 Å². The van der Waals surface area contributed by atoms with Crippen LogP contribution in [0.1, 0.15) is 41.2 Å². The third-order valence-corrected chi connectivity index (χ3v) is 6.21. The lowest BCUT2D eigenvalue weighted by atomic mass is 10.0. The summed E-state index contributed by atoms with van der Waals surface area (Å²) in [5.74, 6) is 0.375. The lowest BCUT2D eigenvalue weighted by molar-refractivity contribution is 0.0719. The van der Waals surface area contributed by atoms with Gasteiger partial charge in [-0.2, -0.15) is 5.10 Å². The number of aromatic nitrogens is 2. The van der Waals surface area contributed by atoms with Gasteiger partial charge in [-0.3, -0.25) is 9.69 Å². The predicted octanol–water partition coefficient (Wildman–Crippen LogP) is 4.86. The maximum Gasteiger partial charge on any atom is 0.254 e. The fourth-order valence-electron chi connectivity index (χ4n) is 4.66. The molecule has 0 unspecified atom stereocenters. The molecule has 2 heterocycles. The molecule has 0 aliphatic carbocycles. The van der Waals surface area contributed by atoms with Crippen molar-refractivity contribution in [3.05, 3.63) is 89.5 Å². The number of rotatable bonds is 9. The summed E-state index contributed by atoms with van der Waals surface area (Å²) in [5, 5.41) is 5.02. The highest BCUT2D eigenvalue weighted by molar-refractivity contribution is 5.94. The van der Waals surface area contributed by atoms with E-state index in [1.54, 1.807) is 24.1 Å². The number of methoxy groups -OCH3 is 1. The van der Waals surface area contributed by atoms with Crippen molar-refractivity contribution in [2.45, 2.75) is 33.4 Å². The van der Waals surface area contributed by atoms with Crippen LogP contribution in [0.25, 0.3) is 5.69 Å². The minimum Gasteiger partial charge on any atom is -0.494 e. The Kier molecular flexibility index (Phi) is 7.66. The molecule has 0 saturated carbocycles. The number of carbonyl (C=O) groups excluding carboxylic acids is 1. The van der Waals surface area contributed by atoms with Crippen LogP contribution in [0.4, 0.5) is 4.39 Å². The first-order valence-corrected chi connectivity index (χ1v) is 12.0. The highest BCUT2D eigenvalue weighted by Gasteiger charge is 2.28. The predicted molar refractivity (Wildman–Crippen MR) is 135 cm³/mol. The van der Waals surface area contributed by atoms with Gasteiger partial charge < -0.3 is 9.64 Å². The average Bonchev–Trinajstić information content (AvgIpc) is 3.20. The molecule has 0 fully saturated rings.